The first-order chi connectivity index (χ1) is 10.5. The van der Waals surface area contributed by atoms with Gasteiger partial charge in [0.25, 0.3) is 5.91 Å². The molecule has 0 aliphatic rings. The molecule has 0 spiro atoms. The van der Waals surface area contributed by atoms with Gasteiger partial charge >= 0.3 is 5.97 Å². The van der Waals surface area contributed by atoms with E-state index in [1.807, 2.05) is 6.26 Å². The molecule has 7 nitrogen and oxygen atoms in total. The van der Waals surface area contributed by atoms with Gasteiger partial charge in [-0.15, -0.1) is 6.42 Å². The van der Waals surface area contributed by atoms with Gasteiger partial charge in [0.1, 0.15) is 11.6 Å². The summed E-state index contributed by atoms with van der Waals surface area (Å²) >= 11 is 1.58. The van der Waals surface area contributed by atoms with Gasteiger partial charge in [0, 0.05) is 7.05 Å². The average Bonchev–Trinajstić information content (AvgIpc) is 2.89. The van der Waals surface area contributed by atoms with Crippen LogP contribution in [0.4, 0.5) is 0 Å². The van der Waals surface area contributed by atoms with Crippen LogP contribution in [0.2, 0.25) is 0 Å². The predicted octanol–water partition coefficient (Wildman–Crippen LogP) is 0.457. The zero-order valence-electron chi connectivity index (χ0n) is 12.8. The molecular formula is C14H19N3O4S. The summed E-state index contributed by atoms with van der Waals surface area (Å²) in [6.07, 6.45) is 8.90. The number of carbonyl (C=O) groups excluding carboxylic acids is 2. The van der Waals surface area contributed by atoms with E-state index >= 15 is 0 Å². The molecule has 22 heavy (non-hydrogen) atoms. The maximum Gasteiger partial charge on any atom is 0.328 e. The van der Waals surface area contributed by atoms with E-state index in [2.05, 4.69) is 16.3 Å². The summed E-state index contributed by atoms with van der Waals surface area (Å²) in [5.74, 6) is 2.34. The van der Waals surface area contributed by atoms with Crippen LogP contribution in [0.25, 0.3) is 0 Å². The van der Waals surface area contributed by atoms with Crippen LogP contribution in [0.15, 0.2) is 6.20 Å². The van der Waals surface area contributed by atoms with E-state index in [0.717, 1.165) is 0 Å². The molecule has 1 heterocycles. The second-order valence-electron chi connectivity index (χ2n) is 4.31. The van der Waals surface area contributed by atoms with Gasteiger partial charge in [-0.2, -0.15) is 16.9 Å². The molecule has 1 aromatic heterocycles. The minimum absolute atomic E-state index is 0.0206. The smallest absolute Gasteiger partial charge is 0.328 e. The van der Waals surface area contributed by atoms with Gasteiger partial charge in [-0.1, -0.05) is 5.92 Å². The zero-order valence-corrected chi connectivity index (χ0v) is 13.6. The number of nitrogens with one attached hydrogen (secondary N) is 1. The van der Waals surface area contributed by atoms with Crippen molar-refractivity contribution in [2.24, 2.45) is 7.05 Å². The molecule has 0 fully saturated rings. The number of carbonyl (C=O) groups is 2. The number of methoxy groups -OCH3 is 1. The first-order valence-corrected chi connectivity index (χ1v) is 7.90. The van der Waals surface area contributed by atoms with Crippen LogP contribution < -0.4 is 10.1 Å². The fourth-order valence-electron chi connectivity index (χ4n) is 1.73. The van der Waals surface area contributed by atoms with Gasteiger partial charge in [0.2, 0.25) is 5.88 Å². The highest BCUT2D eigenvalue weighted by Gasteiger charge is 2.25. The number of nitrogens with zero attached hydrogens (tertiary/aromatic N) is 2. The van der Waals surface area contributed by atoms with Crippen molar-refractivity contribution in [1.29, 1.82) is 0 Å². The maximum absolute atomic E-state index is 12.3. The van der Waals surface area contributed by atoms with Crippen molar-refractivity contribution < 1.29 is 19.1 Å². The number of thioether (sulfide) groups is 1. The lowest BCUT2D eigenvalue weighted by Crippen LogP contribution is -2.42. The van der Waals surface area contributed by atoms with Crippen molar-refractivity contribution in [3.63, 3.8) is 0 Å². The van der Waals surface area contributed by atoms with Crippen LogP contribution in [0, 0.1) is 12.3 Å². The molecule has 0 radical (unpaired) electrons. The fraction of sp³-hybridized carbons (Fsp3) is 0.500. The Morgan fingerprint density at radius 2 is 2.32 bits per heavy atom. The SMILES string of the molecule is C#CCOc1c(C(=O)N[C@@H](CCSC)C(=O)OC)cnn1C. The van der Waals surface area contributed by atoms with Gasteiger partial charge < -0.3 is 14.8 Å². The minimum atomic E-state index is -0.717. The number of hydrogen-bond acceptors (Lipinski definition) is 6. The Morgan fingerprint density at radius 3 is 2.91 bits per heavy atom. The summed E-state index contributed by atoms with van der Waals surface area (Å²) < 4.78 is 11.4. The number of aromatic nitrogens is 2. The van der Waals surface area contributed by atoms with Crippen molar-refractivity contribution >= 4 is 23.6 Å². The molecule has 0 saturated carbocycles. The standard InChI is InChI=1S/C14H19N3O4S/c1-5-7-21-13-10(9-15-17(13)2)12(18)16-11(6-8-22-4)14(19)20-3/h1,9,11H,6-8H2,2-4H3,(H,16,18)/t11-/m0/s1. The molecule has 8 heteroatoms. The monoisotopic (exact) mass is 325 g/mol. The molecule has 1 aromatic rings. The van der Waals surface area contributed by atoms with Crippen molar-refractivity contribution in [3.8, 4) is 18.2 Å². The van der Waals surface area contributed by atoms with E-state index in [1.165, 1.54) is 18.0 Å². The highest BCUT2D eigenvalue weighted by Crippen LogP contribution is 2.17. The van der Waals surface area contributed by atoms with Crippen LogP contribution >= 0.6 is 11.8 Å². The Morgan fingerprint density at radius 1 is 1.59 bits per heavy atom. The van der Waals surface area contributed by atoms with Crippen LogP contribution in [0.1, 0.15) is 16.8 Å². The molecule has 1 amide bonds. The summed E-state index contributed by atoms with van der Waals surface area (Å²) in [5.41, 5.74) is 0.218. The Labute approximate surface area is 133 Å². The number of terminal acetylenes is 1. The number of aryl methyl sites for hydroxylation is 1. The third kappa shape index (κ3) is 4.70. The fourth-order valence-corrected chi connectivity index (χ4v) is 2.20. The van der Waals surface area contributed by atoms with Crippen molar-refractivity contribution in [3.05, 3.63) is 11.8 Å². The Hall–Kier alpha value is -2.14. The molecule has 1 atom stereocenters. The summed E-state index contributed by atoms with van der Waals surface area (Å²) in [7, 11) is 2.92. The molecule has 0 aromatic carbocycles. The van der Waals surface area contributed by atoms with E-state index in [4.69, 9.17) is 15.9 Å². The first-order valence-electron chi connectivity index (χ1n) is 6.51. The van der Waals surface area contributed by atoms with Crippen LogP contribution in [0.5, 0.6) is 5.88 Å². The number of amides is 1. The molecule has 1 N–H and O–H groups in total. The summed E-state index contributed by atoms with van der Waals surface area (Å²) in [6.45, 7) is 0.0206. The third-order valence-electron chi connectivity index (χ3n) is 2.82. The molecule has 0 aliphatic carbocycles. The molecule has 120 valence electrons. The van der Waals surface area contributed by atoms with Crippen LogP contribution in [-0.4, -0.2) is 53.4 Å². The Balaban J connectivity index is 2.85. The normalized spacial score (nSPS) is 11.4. The van der Waals surface area contributed by atoms with E-state index < -0.39 is 17.9 Å². The predicted molar refractivity (Wildman–Crippen MR) is 83.8 cm³/mol. The number of ether oxygens (including phenoxy) is 2. The van der Waals surface area contributed by atoms with Gasteiger partial charge in [0.05, 0.1) is 13.3 Å². The van der Waals surface area contributed by atoms with E-state index in [9.17, 15) is 9.59 Å². The average molecular weight is 325 g/mol. The lowest BCUT2D eigenvalue weighted by Gasteiger charge is -2.16. The van der Waals surface area contributed by atoms with E-state index in [1.54, 1.807) is 18.8 Å². The topological polar surface area (TPSA) is 82.4 Å². The third-order valence-corrected chi connectivity index (χ3v) is 3.47. The first kappa shape index (κ1) is 17.9. The van der Waals surface area contributed by atoms with Crippen LogP contribution in [0.3, 0.4) is 0 Å². The second-order valence-corrected chi connectivity index (χ2v) is 5.30. The van der Waals surface area contributed by atoms with E-state index in [-0.39, 0.29) is 18.1 Å². The summed E-state index contributed by atoms with van der Waals surface area (Å²) in [6, 6.07) is -0.717. The van der Waals surface area contributed by atoms with Gasteiger partial charge in [-0.05, 0) is 18.4 Å². The van der Waals surface area contributed by atoms with Gasteiger partial charge in [0.15, 0.2) is 6.61 Å². The quantitative estimate of drug-likeness (QED) is 0.552. The largest absolute Gasteiger partial charge is 0.467 e. The maximum atomic E-state index is 12.3. The lowest BCUT2D eigenvalue weighted by atomic mass is 10.2. The Kier molecular flexibility index (Phi) is 7.32. The second kappa shape index (κ2) is 9.00. The molecule has 0 bridgehead atoms. The molecule has 0 unspecified atom stereocenters. The molecule has 0 saturated heterocycles. The lowest BCUT2D eigenvalue weighted by molar-refractivity contribution is -0.142. The zero-order chi connectivity index (χ0) is 16.5. The highest BCUT2D eigenvalue weighted by atomic mass is 32.2. The summed E-state index contributed by atoms with van der Waals surface area (Å²) in [4.78, 5) is 24.0. The van der Waals surface area contributed by atoms with Crippen molar-refractivity contribution in [1.82, 2.24) is 15.1 Å². The van der Waals surface area contributed by atoms with Gasteiger partial charge in [-0.25, -0.2) is 9.48 Å². The van der Waals surface area contributed by atoms with Crippen molar-refractivity contribution in [2.45, 2.75) is 12.5 Å². The number of esters is 1. The van der Waals surface area contributed by atoms with E-state index in [0.29, 0.717) is 12.2 Å². The Bertz CT molecular complexity index is 565. The molecular weight excluding hydrogens is 306 g/mol. The van der Waals surface area contributed by atoms with Crippen LogP contribution in [-0.2, 0) is 16.6 Å². The molecule has 1 rings (SSSR count). The number of rotatable bonds is 8. The van der Waals surface area contributed by atoms with Crippen molar-refractivity contribution in [2.75, 3.05) is 25.7 Å². The molecule has 0 aliphatic heterocycles. The minimum Gasteiger partial charge on any atom is -0.467 e. The number of hydrogen-bond donors (Lipinski definition) is 1. The highest BCUT2D eigenvalue weighted by molar-refractivity contribution is 7.98. The summed E-state index contributed by atoms with van der Waals surface area (Å²) in [5, 5.41) is 6.60. The van der Waals surface area contributed by atoms with Gasteiger partial charge in [-0.3, -0.25) is 4.79 Å².